The van der Waals surface area contributed by atoms with Crippen molar-refractivity contribution in [1.29, 1.82) is 0 Å². The summed E-state index contributed by atoms with van der Waals surface area (Å²) < 4.78 is 24.5. The van der Waals surface area contributed by atoms with E-state index >= 15 is 0 Å². The van der Waals surface area contributed by atoms with Crippen LogP contribution in [0.4, 0.5) is 0 Å². The molecule has 0 aliphatic carbocycles. The number of hydrogen-bond acceptors (Lipinski definition) is 5. The fourth-order valence-electron chi connectivity index (χ4n) is 3.17. The molecule has 0 aromatic carbocycles. The SMILES string of the molecule is CCC[C@H]1CN(CCS(C)(=O)=O)C[C@@H]1NC(=O)c1cnn(CC)c1.Cl. The van der Waals surface area contributed by atoms with Crippen molar-refractivity contribution in [3.8, 4) is 0 Å². The lowest BCUT2D eigenvalue weighted by molar-refractivity contribution is 0.0929. The van der Waals surface area contributed by atoms with E-state index in [0.29, 0.717) is 24.6 Å². The second kappa shape index (κ2) is 9.54. The van der Waals surface area contributed by atoms with Crippen molar-refractivity contribution in [2.24, 2.45) is 5.92 Å². The maximum Gasteiger partial charge on any atom is 0.254 e. The standard InChI is InChI=1S/C16H28N4O3S.ClH/c1-4-6-13-10-19(7-8-24(3,22)23)12-15(13)18-16(21)14-9-17-20(5-2)11-14;/h9,11,13,15H,4-8,10,12H2,1-3H3,(H,18,21);1H/t13-,15-;/m0./s1. The van der Waals surface area contributed by atoms with Gasteiger partial charge in [0.1, 0.15) is 9.84 Å². The number of aryl methyl sites for hydroxylation is 1. The highest BCUT2D eigenvalue weighted by molar-refractivity contribution is 7.90. The number of likely N-dealkylation sites (tertiary alicyclic amines) is 1. The lowest BCUT2D eigenvalue weighted by Crippen LogP contribution is -2.40. The molecular weight excluding hydrogens is 364 g/mol. The molecule has 1 fully saturated rings. The molecule has 0 radical (unpaired) electrons. The first-order chi connectivity index (χ1) is 11.3. The van der Waals surface area contributed by atoms with Crippen molar-refractivity contribution in [2.45, 2.75) is 39.3 Å². The van der Waals surface area contributed by atoms with Gasteiger partial charge in [0.2, 0.25) is 0 Å². The lowest BCUT2D eigenvalue weighted by Gasteiger charge is -2.18. The number of aromatic nitrogens is 2. The smallest absolute Gasteiger partial charge is 0.254 e. The Bertz CT molecular complexity index is 662. The third kappa shape index (κ3) is 6.60. The van der Waals surface area contributed by atoms with Gasteiger partial charge in [-0.15, -0.1) is 12.4 Å². The van der Waals surface area contributed by atoms with Crippen LogP contribution in [0.1, 0.15) is 37.0 Å². The zero-order valence-electron chi connectivity index (χ0n) is 15.1. The molecule has 144 valence electrons. The average Bonchev–Trinajstić information content (AvgIpc) is 3.12. The molecule has 0 saturated carbocycles. The molecule has 0 spiro atoms. The van der Waals surface area contributed by atoms with Crippen LogP contribution >= 0.6 is 12.4 Å². The van der Waals surface area contributed by atoms with E-state index in [1.165, 1.54) is 6.26 Å². The summed E-state index contributed by atoms with van der Waals surface area (Å²) in [5.74, 6) is 0.418. The Kier molecular flexibility index (Phi) is 8.37. The molecule has 0 bridgehead atoms. The first-order valence-corrected chi connectivity index (χ1v) is 10.6. The molecule has 1 N–H and O–H groups in total. The molecular formula is C16H29ClN4O3S. The second-order valence-corrected chi connectivity index (χ2v) is 8.86. The Morgan fingerprint density at radius 1 is 1.36 bits per heavy atom. The predicted molar refractivity (Wildman–Crippen MR) is 101 cm³/mol. The maximum atomic E-state index is 12.4. The number of carbonyl (C=O) groups is 1. The van der Waals surface area contributed by atoms with Crippen molar-refractivity contribution < 1.29 is 13.2 Å². The van der Waals surface area contributed by atoms with Gasteiger partial charge in [-0.25, -0.2) is 8.42 Å². The summed E-state index contributed by atoms with van der Waals surface area (Å²) in [6, 6.07) is 0.0574. The van der Waals surface area contributed by atoms with E-state index in [4.69, 9.17) is 0 Å². The van der Waals surface area contributed by atoms with Gasteiger partial charge >= 0.3 is 0 Å². The van der Waals surface area contributed by atoms with Gasteiger partial charge in [0.15, 0.2) is 0 Å². The van der Waals surface area contributed by atoms with E-state index in [-0.39, 0.29) is 30.1 Å². The fourth-order valence-corrected chi connectivity index (χ4v) is 3.76. The van der Waals surface area contributed by atoms with Crippen molar-refractivity contribution in [3.63, 3.8) is 0 Å². The summed E-state index contributed by atoms with van der Waals surface area (Å²) in [7, 11) is -2.97. The van der Waals surface area contributed by atoms with Gasteiger partial charge in [-0.2, -0.15) is 5.10 Å². The minimum absolute atomic E-state index is 0. The lowest BCUT2D eigenvalue weighted by atomic mass is 9.98. The molecule has 9 heteroatoms. The van der Waals surface area contributed by atoms with Crippen LogP contribution in [0.2, 0.25) is 0 Å². The van der Waals surface area contributed by atoms with Gasteiger partial charge < -0.3 is 5.32 Å². The Morgan fingerprint density at radius 2 is 2.08 bits per heavy atom. The van der Waals surface area contributed by atoms with Crippen molar-refractivity contribution in [1.82, 2.24) is 20.0 Å². The zero-order valence-corrected chi connectivity index (χ0v) is 16.8. The number of carbonyl (C=O) groups excluding carboxylic acids is 1. The first kappa shape index (κ1) is 21.9. The van der Waals surface area contributed by atoms with Crippen molar-refractivity contribution in [3.05, 3.63) is 18.0 Å². The highest BCUT2D eigenvalue weighted by Crippen LogP contribution is 2.22. The zero-order chi connectivity index (χ0) is 17.7. The minimum Gasteiger partial charge on any atom is -0.348 e. The molecule has 2 atom stereocenters. The molecule has 2 heterocycles. The Hall–Kier alpha value is -1.12. The molecule has 1 aromatic rings. The van der Waals surface area contributed by atoms with Crippen LogP contribution in [0.5, 0.6) is 0 Å². The quantitative estimate of drug-likeness (QED) is 0.718. The van der Waals surface area contributed by atoms with Crippen LogP contribution in [0.15, 0.2) is 12.4 Å². The summed E-state index contributed by atoms with van der Waals surface area (Å²) in [5.41, 5.74) is 0.571. The van der Waals surface area contributed by atoms with E-state index in [2.05, 4.69) is 22.2 Å². The predicted octanol–water partition coefficient (Wildman–Crippen LogP) is 1.20. The molecule has 1 aliphatic rings. The Labute approximate surface area is 156 Å². The number of nitrogens with zero attached hydrogens (tertiary/aromatic N) is 3. The number of hydrogen-bond donors (Lipinski definition) is 1. The second-order valence-electron chi connectivity index (χ2n) is 6.60. The van der Waals surface area contributed by atoms with Gasteiger partial charge in [-0.05, 0) is 19.3 Å². The topological polar surface area (TPSA) is 84.3 Å². The summed E-state index contributed by atoms with van der Waals surface area (Å²) in [6.45, 7) is 6.90. The summed E-state index contributed by atoms with van der Waals surface area (Å²) in [5, 5.41) is 7.25. The van der Waals surface area contributed by atoms with Crippen LogP contribution in [0.3, 0.4) is 0 Å². The third-order valence-electron chi connectivity index (χ3n) is 4.49. The van der Waals surface area contributed by atoms with Crippen molar-refractivity contribution in [2.75, 3.05) is 31.6 Å². The van der Waals surface area contributed by atoms with Crippen LogP contribution < -0.4 is 5.32 Å². The number of halogens is 1. The number of sulfone groups is 1. The molecule has 7 nitrogen and oxygen atoms in total. The molecule has 1 aliphatic heterocycles. The average molecular weight is 393 g/mol. The van der Waals surface area contributed by atoms with Crippen LogP contribution in [-0.4, -0.2) is 66.7 Å². The summed E-state index contributed by atoms with van der Waals surface area (Å²) in [6.07, 6.45) is 6.67. The highest BCUT2D eigenvalue weighted by atomic mass is 35.5. The normalized spacial score (nSPS) is 21.1. The minimum atomic E-state index is -2.97. The van der Waals surface area contributed by atoms with Crippen LogP contribution in [0.25, 0.3) is 0 Å². The van der Waals surface area contributed by atoms with Crippen LogP contribution in [-0.2, 0) is 16.4 Å². The summed E-state index contributed by atoms with van der Waals surface area (Å²) >= 11 is 0. The van der Waals surface area contributed by atoms with Gasteiger partial charge in [0.05, 0.1) is 17.5 Å². The van der Waals surface area contributed by atoms with E-state index < -0.39 is 9.84 Å². The molecule has 25 heavy (non-hydrogen) atoms. The monoisotopic (exact) mass is 392 g/mol. The van der Waals surface area contributed by atoms with E-state index in [1.54, 1.807) is 17.1 Å². The van der Waals surface area contributed by atoms with Gasteiger partial charge in [0, 0.05) is 44.7 Å². The first-order valence-electron chi connectivity index (χ1n) is 8.55. The number of rotatable bonds is 8. The van der Waals surface area contributed by atoms with Crippen LogP contribution in [0, 0.1) is 5.92 Å². The largest absolute Gasteiger partial charge is 0.348 e. The highest BCUT2D eigenvalue weighted by Gasteiger charge is 2.33. The van der Waals surface area contributed by atoms with E-state index in [9.17, 15) is 13.2 Å². The summed E-state index contributed by atoms with van der Waals surface area (Å²) in [4.78, 5) is 14.6. The van der Waals surface area contributed by atoms with Crippen molar-refractivity contribution >= 4 is 28.2 Å². The molecule has 1 amide bonds. The molecule has 1 saturated heterocycles. The third-order valence-corrected chi connectivity index (χ3v) is 5.41. The van der Waals surface area contributed by atoms with E-state index in [0.717, 1.165) is 25.9 Å². The molecule has 2 rings (SSSR count). The number of amides is 1. The van der Waals surface area contributed by atoms with Gasteiger partial charge in [-0.3, -0.25) is 14.4 Å². The maximum absolute atomic E-state index is 12.4. The fraction of sp³-hybridized carbons (Fsp3) is 0.750. The van der Waals surface area contributed by atoms with E-state index in [1.807, 2.05) is 6.92 Å². The number of nitrogens with one attached hydrogen (secondary N) is 1. The molecule has 1 aromatic heterocycles. The Morgan fingerprint density at radius 3 is 2.64 bits per heavy atom. The van der Waals surface area contributed by atoms with Gasteiger partial charge in [0.25, 0.3) is 5.91 Å². The molecule has 0 unspecified atom stereocenters. The van der Waals surface area contributed by atoms with Gasteiger partial charge in [-0.1, -0.05) is 13.3 Å². The Balaban J connectivity index is 0.00000312.